The molecule has 192 valence electrons. The van der Waals surface area contributed by atoms with Crippen LogP contribution in [0.4, 0.5) is 0 Å². The molecule has 2 aromatic carbocycles. The molecule has 3 aromatic rings. The fourth-order valence-electron chi connectivity index (χ4n) is 3.33. The van der Waals surface area contributed by atoms with Gasteiger partial charge in [0, 0.05) is 20.4 Å². The van der Waals surface area contributed by atoms with Gasteiger partial charge in [0.1, 0.15) is 10.8 Å². The molecule has 0 N–H and O–H groups in total. The number of benzene rings is 2. The fourth-order valence-corrected chi connectivity index (χ4v) is 4.34. The third kappa shape index (κ3) is 6.27. The number of fused-ring (bicyclic) bond motifs is 1. The summed E-state index contributed by atoms with van der Waals surface area (Å²) in [6.07, 6.45) is 2.28. The number of hydrogen-bond acceptors (Lipinski definition) is 7. The number of aromatic nitrogens is 2. The second-order valence-electron chi connectivity index (χ2n) is 7.75. The molecule has 0 aliphatic rings. The zero-order chi connectivity index (χ0) is 26.4. The molecule has 0 spiro atoms. The van der Waals surface area contributed by atoms with Crippen LogP contribution in [0.1, 0.15) is 51.4 Å². The minimum Gasteiger partial charge on any atom is -0.490 e. The van der Waals surface area contributed by atoms with Crippen LogP contribution >= 0.6 is 43.5 Å². The molecule has 3 rings (SSSR count). The molecule has 0 radical (unpaired) electrons. The van der Waals surface area contributed by atoms with Crippen LogP contribution in [-0.4, -0.2) is 41.7 Å². The van der Waals surface area contributed by atoms with Gasteiger partial charge in [-0.2, -0.15) is 9.78 Å². The van der Waals surface area contributed by atoms with Gasteiger partial charge in [-0.25, -0.2) is 9.78 Å². The van der Waals surface area contributed by atoms with Crippen LogP contribution in [0, 0.1) is 0 Å². The van der Waals surface area contributed by atoms with Crippen LogP contribution in [0.5, 0.6) is 11.5 Å². The molecule has 0 bridgehead atoms. The first kappa shape index (κ1) is 28.1. The van der Waals surface area contributed by atoms with E-state index in [9.17, 15) is 9.59 Å². The number of esters is 1. The summed E-state index contributed by atoms with van der Waals surface area (Å²) >= 11 is 13.4. The molecule has 0 aliphatic carbocycles. The molecule has 8 nitrogen and oxygen atoms in total. The van der Waals surface area contributed by atoms with Gasteiger partial charge in [0.2, 0.25) is 0 Å². The summed E-state index contributed by atoms with van der Waals surface area (Å²) in [5.74, 6) is 0.546. The molecule has 1 aromatic heterocycles. The Labute approximate surface area is 230 Å². The standard InChI is InChI=1S/C25H26Br2ClN3O5/c1-5-14(4)24-30-18-9-8-16(26)11-17(18)25(33)31(24)29-12-15-10-19(34-6-2)23(22(28)21(15)27)36-13-20(32)35-7-3/h8-12,14H,5-7,13H2,1-4H3/t14-/m0/s1. The van der Waals surface area contributed by atoms with Gasteiger partial charge in [0.25, 0.3) is 5.56 Å². The molecule has 36 heavy (non-hydrogen) atoms. The predicted octanol–water partition coefficient (Wildman–Crippen LogP) is 6.31. The smallest absolute Gasteiger partial charge is 0.344 e. The molecule has 1 atom stereocenters. The second-order valence-corrected chi connectivity index (χ2v) is 9.84. The van der Waals surface area contributed by atoms with E-state index < -0.39 is 5.97 Å². The van der Waals surface area contributed by atoms with Crippen molar-refractivity contribution >= 4 is 66.5 Å². The molecular formula is C25H26Br2ClN3O5. The lowest BCUT2D eigenvalue weighted by Crippen LogP contribution is -2.23. The fraction of sp³-hybridized carbons (Fsp3) is 0.360. The highest BCUT2D eigenvalue weighted by atomic mass is 79.9. The number of halogens is 3. The third-order valence-corrected chi connectivity index (χ3v) is 7.23. The summed E-state index contributed by atoms with van der Waals surface area (Å²) in [4.78, 5) is 29.9. The van der Waals surface area contributed by atoms with Gasteiger partial charge in [-0.3, -0.25) is 4.79 Å². The average molecular weight is 644 g/mol. The molecule has 0 aliphatic heterocycles. The van der Waals surface area contributed by atoms with Crippen LogP contribution in [0.2, 0.25) is 5.02 Å². The number of rotatable bonds is 10. The average Bonchev–Trinajstić information content (AvgIpc) is 2.86. The Morgan fingerprint density at radius 2 is 1.94 bits per heavy atom. The van der Waals surface area contributed by atoms with E-state index in [2.05, 4.69) is 37.0 Å². The topological polar surface area (TPSA) is 92.0 Å². The van der Waals surface area contributed by atoms with Crippen LogP contribution in [0.25, 0.3) is 10.9 Å². The van der Waals surface area contributed by atoms with E-state index in [0.29, 0.717) is 39.1 Å². The first-order chi connectivity index (χ1) is 17.2. The van der Waals surface area contributed by atoms with Crippen LogP contribution < -0.4 is 15.0 Å². The van der Waals surface area contributed by atoms with Crippen molar-refractivity contribution in [1.29, 1.82) is 0 Å². The summed E-state index contributed by atoms with van der Waals surface area (Å²) < 4.78 is 18.8. The first-order valence-electron chi connectivity index (χ1n) is 11.4. The lowest BCUT2D eigenvalue weighted by molar-refractivity contribution is -0.145. The van der Waals surface area contributed by atoms with Crippen molar-refractivity contribution < 1.29 is 19.0 Å². The van der Waals surface area contributed by atoms with Crippen molar-refractivity contribution in [2.45, 2.75) is 40.0 Å². The van der Waals surface area contributed by atoms with Crippen molar-refractivity contribution in [2.24, 2.45) is 5.10 Å². The van der Waals surface area contributed by atoms with Gasteiger partial charge < -0.3 is 14.2 Å². The summed E-state index contributed by atoms with van der Waals surface area (Å²) in [5.41, 5.74) is 0.869. The highest BCUT2D eigenvalue weighted by Gasteiger charge is 2.20. The highest BCUT2D eigenvalue weighted by Crippen LogP contribution is 2.42. The Kier molecular flexibility index (Phi) is 9.92. The van der Waals surface area contributed by atoms with Gasteiger partial charge in [0.05, 0.1) is 30.3 Å². The molecule has 0 unspecified atom stereocenters. The highest BCUT2D eigenvalue weighted by molar-refractivity contribution is 9.10. The molecule has 0 saturated heterocycles. The van der Waals surface area contributed by atoms with Crippen LogP contribution in [-0.2, 0) is 9.53 Å². The number of ether oxygens (including phenoxy) is 3. The number of carbonyl (C=O) groups excluding carboxylic acids is 1. The van der Waals surface area contributed by atoms with Crippen molar-refractivity contribution in [3.05, 3.63) is 60.0 Å². The summed E-state index contributed by atoms with van der Waals surface area (Å²) in [7, 11) is 0. The largest absolute Gasteiger partial charge is 0.490 e. The summed E-state index contributed by atoms with van der Waals surface area (Å²) in [6, 6.07) is 7.05. The zero-order valence-corrected chi connectivity index (χ0v) is 24.2. The van der Waals surface area contributed by atoms with Gasteiger partial charge in [-0.05, 0) is 60.5 Å². The normalized spacial score (nSPS) is 12.2. The van der Waals surface area contributed by atoms with E-state index in [0.717, 1.165) is 10.9 Å². The number of nitrogens with zero attached hydrogens (tertiary/aromatic N) is 3. The molecular weight excluding hydrogens is 618 g/mol. The van der Waals surface area contributed by atoms with E-state index in [1.54, 1.807) is 25.1 Å². The predicted molar refractivity (Wildman–Crippen MR) is 148 cm³/mol. The molecule has 1 heterocycles. The Hall–Kier alpha value is -2.43. The maximum Gasteiger partial charge on any atom is 0.344 e. The van der Waals surface area contributed by atoms with Crippen LogP contribution in [0.15, 0.2) is 43.1 Å². The van der Waals surface area contributed by atoms with E-state index >= 15 is 0 Å². The molecule has 0 saturated carbocycles. The monoisotopic (exact) mass is 641 g/mol. The maximum atomic E-state index is 13.4. The van der Waals surface area contributed by atoms with Crippen molar-refractivity contribution in [3.63, 3.8) is 0 Å². The minimum absolute atomic E-state index is 0.00689. The SMILES string of the molecule is CCOC(=O)COc1c(OCC)cc(C=Nn2c([C@@H](C)CC)nc3ccc(Br)cc3c2=O)c(Br)c1Cl. The molecule has 0 fully saturated rings. The maximum absolute atomic E-state index is 13.4. The first-order valence-corrected chi connectivity index (χ1v) is 13.4. The second kappa shape index (κ2) is 12.7. The third-order valence-electron chi connectivity index (χ3n) is 5.29. The lowest BCUT2D eigenvalue weighted by Gasteiger charge is -2.16. The zero-order valence-electron chi connectivity index (χ0n) is 20.3. The quantitative estimate of drug-likeness (QED) is 0.190. The van der Waals surface area contributed by atoms with Crippen molar-refractivity contribution in [1.82, 2.24) is 9.66 Å². The van der Waals surface area contributed by atoms with Gasteiger partial charge in [0.15, 0.2) is 18.1 Å². The number of hydrogen-bond donors (Lipinski definition) is 0. The van der Waals surface area contributed by atoms with E-state index in [4.69, 9.17) is 30.8 Å². The van der Waals surface area contributed by atoms with E-state index in [1.165, 1.54) is 10.9 Å². The van der Waals surface area contributed by atoms with Crippen molar-refractivity contribution in [2.75, 3.05) is 19.8 Å². The van der Waals surface area contributed by atoms with Gasteiger partial charge in [-0.1, -0.05) is 41.4 Å². The summed E-state index contributed by atoms with van der Waals surface area (Å²) in [5, 5.41) is 5.14. The Morgan fingerprint density at radius 1 is 1.19 bits per heavy atom. The van der Waals surface area contributed by atoms with E-state index in [1.807, 2.05) is 26.8 Å². The van der Waals surface area contributed by atoms with Crippen molar-refractivity contribution in [3.8, 4) is 11.5 Å². The lowest BCUT2D eigenvalue weighted by atomic mass is 10.1. The Morgan fingerprint density at radius 3 is 2.61 bits per heavy atom. The summed E-state index contributed by atoms with van der Waals surface area (Å²) in [6.45, 7) is 7.81. The van der Waals surface area contributed by atoms with Crippen LogP contribution in [0.3, 0.4) is 0 Å². The van der Waals surface area contributed by atoms with Gasteiger partial charge in [-0.15, -0.1) is 0 Å². The molecule has 0 amide bonds. The number of carbonyl (C=O) groups is 1. The Balaban J connectivity index is 2.10. The van der Waals surface area contributed by atoms with E-state index in [-0.39, 0.29) is 35.5 Å². The van der Waals surface area contributed by atoms with Gasteiger partial charge >= 0.3 is 5.97 Å². The molecule has 11 heteroatoms. The minimum atomic E-state index is -0.523. The Bertz CT molecular complexity index is 1360.